The minimum atomic E-state index is -0.257. The predicted molar refractivity (Wildman–Crippen MR) is 267 cm³/mol. The molecule has 2 saturated carbocycles. The number of benzene rings is 2. The Bertz CT molecular complexity index is 3150. The Hall–Kier alpha value is -7.22. The monoisotopic (exact) mass is 932 g/mol. The van der Waals surface area contributed by atoms with Crippen molar-refractivity contribution in [2.24, 2.45) is 0 Å². The highest BCUT2D eigenvalue weighted by molar-refractivity contribution is 5.79. The van der Waals surface area contributed by atoms with E-state index in [9.17, 15) is 0 Å². The Labute approximate surface area is 404 Å². The minimum Gasteiger partial charge on any atom is -0.351 e. The fourth-order valence-corrected chi connectivity index (χ4v) is 12.2. The molecule has 70 heavy (non-hydrogen) atoms. The van der Waals surface area contributed by atoms with Crippen LogP contribution in [-0.2, 0) is 12.8 Å². The van der Waals surface area contributed by atoms with Gasteiger partial charge in [-0.3, -0.25) is 9.97 Å². The molecule has 0 radical (unpaired) electrons. The van der Waals surface area contributed by atoms with Crippen LogP contribution in [0, 0.1) is 11.6 Å². The lowest BCUT2D eigenvalue weighted by atomic mass is 9.88. The fraction of sp³-hybridized carbons (Fsp3) is 0.357. The molecule has 352 valence electrons. The third-order valence-electron chi connectivity index (χ3n) is 15.8. The largest absolute Gasteiger partial charge is 0.351 e. The number of fused-ring (bicyclic) bond motifs is 6. The maximum absolute atomic E-state index is 15.0. The summed E-state index contributed by atoms with van der Waals surface area (Å²) in [7, 11) is 0. The van der Waals surface area contributed by atoms with Gasteiger partial charge in [-0.2, -0.15) is 29.2 Å². The molecule has 2 atom stereocenters. The molecule has 0 spiro atoms. The Morgan fingerprint density at radius 2 is 0.957 bits per heavy atom. The van der Waals surface area contributed by atoms with Crippen LogP contribution in [0.5, 0.6) is 0 Å². The average molecular weight is 933 g/mol. The third-order valence-corrected chi connectivity index (χ3v) is 15.8. The van der Waals surface area contributed by atoms with Crippen LogP contribution in [0.3, 0.4) is 0 Å². The van der Waals surface area contributed by atoms with Gasteiger partial charge in [0, 0.05) is 59.6 Å². The van der Waals surface area contributed by atoms with Crippen LogP contribution in [0.1, 0.15) is 135 Å². The van der Waals surface area contributed by atoms with Gasteiger partial charge in [-0.25, -0.2) is 18.7 Å². The molecule has 8 aromatic rings. The lowest BCUT2D eigenvalue weighted by Crippen LogP contribution is -2.25. The van der Waals surface area contributed by atoms with Crippen LogP contribution < -0.4 is 10.6 Å². The summed E-state index contributed by atoms with van der Waals surface area (Å²) in [4.78, 5) is 27.9. The van der Waals surface area contributed by atoms with Gasteiger partial charge in [0.15, 0.2) is 22.9 Å². The van der Waals surface area contributed by atoms with Gasteiger partial charge >= 0.3 is 0 Å². The van der Waals surface area contributed by atoms with Gasteiger partial charge in [0.2, 0.25) is 11.9 Å². The van der Waals surface area contributed by atoms with E-state index in [1.165, 1.54) is 33.4 Å². The van der Waals surface area contributed by atoms with E-state index < -0.39 is 0 Å². The fourth-order valence-electron chi connectivity index (χ4n) is 12.2. The van der Waals surface area contributed by atoms with E-state index in [1.807, 2.05) is 12.1 Å². The molecule has 6 aliphatic rings. The van der Waals surface area contributed by atoms with Crippen molar-refractivity contribution in [1.82, 2.24) is 49.1 Å². The molecule has 0 unspecified atom stereocenters. The maximum atomic E-state index is 15.0. The number of rotatable bonds is 8. The van der Waals surface area contributed by atoms with E-state index in [0.717, 1.165) is 103 Å². The van der Waals surface area contributed by atoms with Gasteiger partial charge in [0.1, 0.15) is 11.6 Å². The molecule has 0 bridgehead atoms. The molecule has 0 amide bonds. The van der Waals surface area contributed by atoms with E-state index in [1.54, 1.807) is 57.1 Å². The van der Waals surface area contributed by atoms with Crippen LogP contribution in [0.4, 0.5) is 20.7 Å². The van der Waals surface area contributed by atoms with Crippen molar-refractivity contribution in [3.63, 3.8) is 0 Å². The smallest absolute Gasteiger partial charge is 0.228 e. The van der Waals surface area contributed by atoms with Crippen LogP contribution in [0.2, 0.25) is 0 Å². The van der Waals surface area contributed by atoms with E-state index in [4.69, 9.17) is 9.97 Å². The molecular formula is C56H54F2N12. The standard InChI is InChI=1S/2C28H27FN6/c2*29-24-14-20(16-30-26(24)17-5-1-2-6-17)27-33-25-11-12-31-35(25)28(34-27)32-21-10-9-19-13-18-7-3-4-8-22(18)23(19)15-21/h2*3-4,7-8,11-12,14,16-17,21H,1-2,5-6,9-10,13,15H2,(H,32,33,34)/t2*21-/m11/s1. The van der Waals surface area contributed by atoms with Crippen molar-refractivity contribution in [3.8, 4) is 22.8 Å². The number of aromatic nitrogens is 10. The second kappa shape index (κ2) is 17.9. The van der Waals surface area contributed by atoms with Crippen molar-refractivity contribution in [2.45, 2.75) is 127 Å². The molecule has 2 aromatic carbocycles. The van der Waals surface area contributed by atoms with Gasteiger partial charge in [0.05, 0.1) is 23.8 Å². The SMILES string of the molecule is Fc1cc(-c2nc(N[C@@H]3CCC4=C(C3)c3ccccc3C4)n3nccc3n2)cnc1C1CCCC1.Fc1cc(-c2nc(N[C@@H]3CCC4=C(C3)c3ccccc3C4)n3nccc3n2)cnc1C1CCCC1. The van der Waals surface area contributed by atoms with Crippen LogP contribution >= 0.6 is 0 Å². The first-order chi connectivity index (χ1) is 34.5. The Kier molecular flexibility index (Phi) is 11.0. The van der Waals surface area contributed by atoms with Crippen molar-refractivity contribution in [3.05, 3.63) is 154 Å². The lowest BCUT2D eigenvalue weighted by Gasteiger charge is -2.26. The number of halogens is 2. The highest BCUT2D eigenvalue weighted by atomic mass is 19.1. The maximum Gasteiger partial charge on any atom is 0.228 e. The quantitative estimate of drug-likeness (QED) is 0.152. The molecule has 6 heterocycles. The van der Waals surface area contributed by atoms with Gasteiger partial charge in [-0.15, -0.1) is 0 Å². The first kappa shape index (κ1) is 42.8. The number of anilines is 2. The van der Waals surface area contributed by atoms with Crippen LogP contribution in [0.25, 0.3) is 45.2 Å². The summed E-state index contributed by atoms with van der Waals surface area (Å²) in [5, 5.41) is 16.1. The number of nitrogens with zero attached hydrogens (tertiary/aromatic N) is 10. The van der Waals surface area contributed by atoms with Crippen LogP contribution in [0.15, 0.2) is 109 Å². The number of hydrogen-bond acceptors (Lipinski definition) is 10. The molecule has 2 fully saturated rings. The molecule has 14 rings (SSSR count). The summed E-state index contributed by atoms with van der Waals surface area (Å²) in [5.74, 6) is 2.14. The third kappa shape index (κ3) is 8.00. The highest BCUT2D eigenvalue weighted by Crippen LogP contribution is 2.44. The topological polar surface area (TPSA) is 136 Å². The molecule has 2 N–H and O–H groups in total. The van der Waals surface area contributed by atoms with E-state index in [0.29, 0.717) is 57.4 Å². The van der Waals surface area contributed by atoms with Crippen molar-refractivity contribution in [2.75, 3.05) is 10.6 Å². The Morgan fingerprint density at radius 3 is 1.40 bits per heavy atom. The predicted octanol–water partition coefficient (Wildman–Crippen LogP) is 11.9. The summed E-state index contributed by atoms with van der Waals surface area (Å²) in [6.07, 6.45) is 23.8. The van der Waals surface area contributed by atoms with E-state index in [-0.39, 0.29) is 35.6 Å². The van der Waals surface area contributed by atoms with E-state index >= 15 is 8.78 Å². The van der Waals surface area contributed by atoms with Crippen LogP contribution in [-0.4, -0.2) is 61.2 Å². The number of nitrogens with one attached hydrogen (secondary N) is 2. The molecule has 0 aliphatic heterocycles. The molecule has 0 saturated heterocycles. The first-order valence-electron chi connectivity index (χ1n) is 25.3. The molecule has 6 aromatic heterocycles. The second-order valence-corrected chi connectivity index (χ2v) is 20.1. The Balaban J connectivity index is 0.000000137. The summed E-state index contributed by atoms with van der Waals surface area (Å²) in [6, 6.07) is 24.7. The van der Waals surface area contributed by atoms with Gasteiger partial charge in [0.25, 0.3) is 0 Å². The highest BCUT2D eigenvalue weighted by Gasteiger charge is 2.31. The van der Waals surface area contributed by atoms with Crippen molar-refractivity contribution < 1.29 is 8.78 Å². The summed E-state index contributed by atoms with van der Waals surface area (Å²) in [5.41, 5.74) is 15.5. The number of hydrogen-bond donors (Lipinski definition) is 2. The molecule has 14 heteroatoms. The first-order valence-corrected chi connectivity index (χ1v) is 25.3. The zero-order valence-corrected chi connectivity index (χ0v) is 39.1. The van der Waals surface area contributed by atoms with Crippen molar-refractivity contribution in [1.29, 1.82) is 0 Å². The summed E-state index contributed by atoms with van der Waals surface area (Å²) >= 11 is 0. The lowest BCUT2D eigenvalue weighted by molar-refractivity contribution is 0.564. The molecule has 12 nitrogen and oxygen atoms in total. The zero-order chi connectivity index (χ0) is 46.7. The van der Waals surface area contributed by atoms with Gasteiger partial charge in [-0.1, -0.05) is 85.4 Å². The summed E-state index contributed by atoms with van der Waals surface area (Å²) in [6.45, 7) is 0. The number of allylic oxidation sites excluding steroid dienone is 2. The zero-order valence-electron chi connectivity index (χ0n) is 39.1. The normalized spacial score (nSPS) is 19.9. The van der Waals surface area contributed by atoms with E-state index in [2.05, 4.69) is 89.3 Å². The Morgan fingerprint density at radius 1 is 0.514 bits per heavy atom. The number of pyridine rings is 2. The van der Waals surface area contributed by atoms with Crippen molar-refractivity contribution >= 4 is 34.3 Å². The molecular weight excluding hydrogens is 879 g/mol. The summed E-state index contributed by atoms with van der Waals surface area (Å²) < 4.78 is 33.5. The second-order valence-electron chi connectivity index (χ2n) is 20.1. The minimum absolute atomic E-state index is 0.228. The average Bonchev–Trinajstić information content (AvgIpc) is 4.26. The van der Waals surface area contributed by atoms with Gasteiger partial charge in [-0.05, 0) is 123 Å². The van der Waals surface area contributed by atoms with Gasteiger partial charge < -0.3 is 10.6 Å². The molecule has 6 aliphatic carbocycles.